The number of rotatable bonds is 7. The summed E-state index contributed by atoms with van der Waals surface area (Å²) in [7, 11) is 1.31. The van der Waals surface area contributed by atoms with Gasteiger partial charge in [0.25, 0.3) is 0 Å². The van der Waals surface area contributed by atoms with Gasteiger partial charge in [-0.2, -0.15) is 0 Å². The molecule has 3 aromatic carbocycles. The molecule has 1 aliphatic carbocycles. The quantitative estimate of drug-likeness (QED) is 0.551. The van der Waals surface area contributed by atoms with Crippen LogP contribution in [0.5, 0.6) is 0 Å². The third-order valence-corrected chi connectivity index (χ3v) is 5.94. The van der Waals surface area contributed by atoms with E-state index in [-0.39, 0.29) is 5.91 Å². The van der Waals surface area contributed by atoms with Crippen molar-refractivity contribution >= 4 is 17.8 Å². The summed E-state index contributed by atoms with van der Waals surface area (Å²) in [5, 5.41) is 5.61. The number of hydrogen-bond acceptors (Lipinski definition) is 4. The van der Waals surface area contributed by atoms with Crippen LogP contribution in [0, 0.1) is 0 Å². The fourth-order valence-electron chi connectivity index (χ4n) is 4.52. The fourth-order valence-corrected chi connectivity index (χ4v) is 4.52. The first-order valence-corrected chi connectivity index (χ1v) is 10.9. The number of methoxy groups -OCH3 is 1. The molecular weight excluding hydrogens is 416 g/mol. The number of carbonyl (C=O) groups excluding carboxylic acids is 3. The summed E-state index contributed by atoms with van der Waals surface area (Å²) in [6, 6.07) is 23.4. The summed E-state index contributed by atoms with van der Waals surface area (Å²) in [4.78, 5) is 38.1. The number of carbonyl (C=O) groups is 3. The van der Waals surface area contributed by atoms with E-state index in [1.165, 1.54) is 14.0 Å². The van der Waals surface area contributed by atoms with Crippen molar-refractivity contribution in [2.75, 3.05) is 7.11 Å². The Hall–Kier alpha value is -3.93. The molecule has 0 radical (unpaired) electrons. The molecule has 33 heavy (non-hydrogen) atoms. The van der Waals surface area contributed by atoms with Crippen LogP contribution in [0.2, 0.25) is 0 Å². The normalized spacial score (nSPS) is 13.9. The van der Waals surface area contributed by atoms with Crippen LogP contribution in [0.1, 0.15) is 29.5 Å². The van der Waals surface area contributed by atoms with E-state index in [0.717, 1.165) is 27.8 Å². The molecule has 4 rings (SSSR count). The predicted molar refractivity (Wildman–Crippen MR) is 125 cm³/mol. The molecule has 2 amide bonds. The molecule has 0 bridgehead atoms. The zero-order valence-corrected chi connectivity index (χ0v) is 18.6. The second kappa shape index (κ2) is 9.69. The van der Waals surface area contributed by atoms with Crippen LogP contribution in [0.15, 0.2) is 78.9 Å². The molecule has 6 heteroatoms. The van der Waals surface area contributed by atoms with E-state index in [1.807, 2.05) is 78.9 Å². The standard InChI is InChI=1S/C27H26N2O4/c1-17(30)28-23(16-18-10-4-3-5-11-18)26(31)29-25(27(32)33-2)24-21-14-8-6-12-19(21)20-13-7-9-15-22(20)24/h3-15,23-25H,16H2,1-2H3,(H,28,30)(H,29,31)/t23-,25-/m0/s1. The smallest absolute Gasteiger partial charge is 0.329 e. The lowest BCUT2D eigenvalue weighted by atomic mass is 9.89. The van der Waals surface area contributed by atoms with Crippen molar-refractivity contribution in [3.05, 3.63) is 95.6 Å². The number of benzene rings is 3. The first-order valence-electron chi connectivity index (χ1n) is 10.9. The molecule has 0 fully saturated rings. The molecule has 3 aromatic rings. The van der Waals surface area contributed by atoms with E-state index in [2.05, 4.69) is 10.6 Å². The molecule has 0 heterocycles. The summed E-state index contributed by atoms with van der Waals surface area (Å²) < 4.78 is 5.09. The summed E-state index contributed by atoms with van der Waals surface area (Å²) in [5.41, 5.74) is 4.87. The second-order valence-electron chi connectivity index (χ2n) is 8.10. The zero-order chi connectivity index (χ0) is 23.4. The molecule has 0 saturated carbocycles. The van der Waals surface area contributed by atoms with Crippen LogP contribution in [-0.4, -0.2) is 37.0 Å². The highest BCUT2D eigenvalue weighted by Crippen LogP contribution is 2.46. The van der Waals surface area contributed by atoms with Gasteiger partial charge in [-0.1, -0.05) is 78.9 Å². The Morgan fingerprint density at radius 2 is 1.36 bits per heavy atom. The number of esters is 1. The van der Waals surface area contributed by atoms with Crippen molar-refractivity contribution in [3.63, 3.8) is 0 Å². The minimum Gasteiger partial charge on any atom is -0.467 e. The monoisotopic (exact) mass is 442 g/mol. The highest BCUT2D eigenvalue weighted by atomic mass is 16.5. The molecule has 2 atom stereocenters. The zero-order valence-electron chi connectivity index (χ0n) is 18.6. The van der Waals surface area contributed by atoms with Gasteiger partial charge >= 0.3 is 5.97 Å². The Bertz CT molecular complexity index is 1130. The Balaban J connectivity index is 1.67. The summed E-state index contributed by atoms with van der Waals surface area (Å²) in [5.74, 6) is -1.70. The van der Waals surface area contributed by atoms with E-state index < -0.39 is 29.9 Å². The number of ether oxygens (including phenoxy) is 1. The summed E-state index contributed by atoms with van der Waals surface area (Å²) >= 11 is 0. The van der Waals surface area contributed by atoms with Gasteiger partial charge in [-0.05, 0) is 27.8 Å². The summed E-state index contributed by atoms with van der Waals surface area (Å²) in [6.45, 7) is 1.37. The van der Waals surface area contributed by atoms with E-state index >= 15 is 0 Å². The SMILES string of the molecule is COC(=O)[C@@H](NC(=O)[C@H](Cc1ccccc1)NC(C)=O)C1c2ccccc2-c2ccccc21. The average molecular weight is 443 g/mol. The highest BCUT2D eigenvalue weighted by molar-refractivity contribution is 5.92. The van der Waals surface area contributed by atoms with Gasteiger partial charge in [0.2, 0.25) is 11.8 Å². The van der Waals surface area contributed by atoms with Crippen molar-refractivity contribution in [2.45, 2.75) is 31.3 Å². The van der Waals surface area contributed by atoms with Crippen LogP contribution >= 0.6 is 0 Å². The molecule has 6 nitrogen and oxygen atoms in total. The van der Waals surface area contributed by atoms with E-state index in [0.29, 0.717) is 6.42 Å². The van der Waals surface area contributed by atoms with Crippen molar-refractivity contribution in [3.8, 4) is 11.1 Å². The van der Waals surface area contributed by atoms with E-state index in [4.69, 9.17) is 4.74 Å². The van der Waals surface area contributed by atoms with E-state index in [9.17, 15) is 14.4 Å². The third kappa shape index (κ3) is 4.65. The van der Waals surface area contributed by atoms with Gasteiger partial charge in [-0.3, -0.25) is 9.59 Å². The molecule has 168 valence electrons. The second-order valence-corrected chi connectivity index (χ2v) is 8.10. The summed E-state index contributed by atoms with van der Waals surface area (Å²) in [6.07, 6.45) is 0.304. The number of hydrogen-bond donors (Lipinski definition) is 2. The molecule has 2 N–H and O–H groups in total. The largest absolute Gasteiger partial charge is 0.467 e. The molecule has 0 spiro atoms. The maximum atomic E-state index is 13.4. The van der Waals surface area contributed by atoms with Crippen LogP contribution < -0.4 is 10.6 Å². The van der Waals surface area contributed by atoms with Gasteiger partial charge in [0.1, 0.15) is 12.1 Å². The van der Waals surface area contributed by atoms with Crippen LogP contribution in [0.4, 0.5) is 0 Å². The molecular formula is C27H26N2O4. The first-order chi connectivity index (χ1) is 16.0. The third-order valence-electron chi connectivity index (χ3n) is 5.94. The minimum atomic E-state index is -0.945. The van der Waals surface area contributed by atoms with Crippen molar-refractivity contribution in [1.29, 1.82) is 0 Å². The van der Waals surface area contributed by atoms with Gasteiger partial charge in [0.15, 0.2) is 0 Å². The van der Waals surface area contributed by atoms with Crippen molar-refractivity contribution in [1.82, 2.24) is 10.6 Å². The van der Waals surface area contributed by atoms with Gasteiger partial charge in [0, 0.05) is 19.3 Å². The lowest BCUT2D eigenvalue weighted by molar-refractivity contribution is -0.145. The molecule has 0 aliphatic heterocycles. The number of nitrogens with one attached hydrogen (secondary N) is 2. The van der Waals surface area contributed by atoms with Gasteiger partial charge in [-0.15, -0.1) is 0 Å². The maximum absolute atomic E-state index is 13.4. The van der Waals surface area contributed by atoms with Gasteiger partial charge in [0.05, 0.1) is 7.11 Å². The van der Waals surface area contributed by atoms with Gasteiger partial charge in [-0.25, -0.2) is 4.79 Å². The lowest BCUT2D eigenvalue weighted by Crippen LogP contribution is -2.54. The Morgan fingerprint density at radius 1 is 0.818 bits per heavy atom. The predicted octanol–water partition coefficient (Wildman–Crippen LogP) is 3.20. The Kier molecular flexibility index (Phi) is 6.54. The van der Waals surface area contributed by atoms with E-state index in [1.54, 1.807) is 0 Å². The van der Waals surface area contributed by atoms with Crippen LogP contribution in [0.3, 0.4) is 0 Å². The molecule has 0 unspecified atom stereocenters. The lowest BCUT2D eigenvalue weighted by Gasteiger charge is -2.27. The highest BCUT2D eigenvalue weighted by Gasteiger charge is 2.40. The van der Waals surface area contributed by atoms with Crippen LogP contribution in [-0.2, 0) is 25.5 Å². The molecule has 1 aliphatic rings. The minimum absolute atomic E-state index is 0.304. The Morgan fingerprint density at radius 3 is 1.91 bits per heavy atom. The van der Waals surface area contributed by atoms with Crippen LogP contribution in [0.25, 0.3) is 11.1 Å². The first kappa shape index (κ1) is 22.3. The molecule has 0 saturated heterocycles. The number of fused-ring (bicyclic) bond motifs is 3. The van der Waals surface area contributed by atoms with Crippen molar-refractivity contribution in [2.24, 2.45) is 0 Å². The fraction of sp³-hybridized carbons (Fsp3) is 0.222. The topological polar surface area (TPSA) is 84.5 Å². The number of amides is 2. The molecule has 0 aromatic heterocycles. The van der Waals surface area contributed by atoms with Gasteiger partial charge < -0.3 is 15.4 Å². The van der Waals surface area contributed by atoms with Crippen molar-refractivity contribution < 1.29 is 19.1 Å². The Labute approximate surface area is 193 Å². The maximum Gasteiger partial charge on any atom is 0.329 e. The average Bonchev–Trinajstić information content (AvgIpc) is 3.16.